The highest BCUT2D eigenvalue weighted by Gasteiger charge is 2.29. The predicted molar refractivity (Wildman–Crippen MR) is 71.8 cm³/mol. The maximum atomic E-state index is 13.3. The maximum Gasteiger partial charge on any atom is 0.243 e. The number of nitrogens with two attached hydrogens (primary N) is 1. The monoisotopic (exact) mass is 287 g/mol. The van der Waals surface area contributed by atoms with Gasteiger partial charge in [0.05, 0.1) is 10.6 Å². The van der Waals surface area contributed by atoms with E-state index in [2.05, 4.69) is 4.90 Å². The van der Waals surface area contributed by atoms with Gasteiger partial charge in [-0.2, -0.15) is 4.31 Å². The fraction of sp³-hybridized carbons (Fsp3) is 0.500. The van der Waals surface area contributed by atoms with Gasteiger partial charge in [-0.1, -0.05) is 0 Å². The van der Waals surface area contributed by atoms with Crippen molar-refractivity contribution >= 4 is 15.7 Å². The molecule has 2 rings (SSSR count). The molecular formula is C12H18FN3O2S. The van der Waals surface area contributed by atoms with Crippen LogP contribution in [0.2, 0.25) is 0 Å². The zero-order chi connectivity index (χ0) is 14.2. The number of hydrogen-bond acceptors (Lipinski definition) is 4. The van der Waals surface area contributed by atoms with Gasteiger partial charge in [-0.25, -0.2) is 12.8 Å². The Bertz CT molecular complexity index is 581. The van der Waals surface area contributed by atoms with Crippen LogP contribution in [-0.4, -0.2) is 50.8 Å². The zero-order valence-electron chi connectivity index (χ0n) is 11.1. The lowest BCUT2D eigenvalue weighted by Crippen LogP contribution is -2.47. The second-order valence-electron chi connectivity index (χ2n) is 4.85. The van der Waals surface area contributed by atoms with Gasteiger partial charge in [0.15, 0.2) is 0 Å². The van der Waals surface area contributed by atoms with Crippen molar-refractivity contribution < 1.29 is 12.8 Å². The molecule has 106 valence electrons. The molecule has 5 nitrogen and oxygen atoms in total. The lowest BCUT2D eigenvalue weighted by Gasteiger charge is -2.31. The van der Waals surface area contributed by atoms with Crippen molar-refractivity contribution in [3.63, 3.8) is 0 Å². The zero-order valence-corrected chi connectivity index (χ0v) is 11.9. The van der Waals surface area contributed by atoms with Crippen molar-refractivity contribution in [3.05, 3.63) is 23.5 Å². The molecule has 1 saturated heterocycles. The molecule has 1 aromatic rings. The number of anilines is 1. The third-order valence-electron chi connectivity index (χ3n) is 3.37. The van der Waals surface area contributed by atoms with Crippen LogP contribution in [0.15, 0.2) is 17.0 Å². The summed E-state index contributed by atoms with van der Waals surface area (Å²) < 4.78 is 39.7. The molecule has 7 heteroatoms. The number of nitrogen functional groups attached to an aromatic ring is 1. The standard InChI is InChI=1S/C12H18FN3O2S/c1-9-7-10(13)11(14)8-12(9)19(17,18)16-5-3-15(2)4-6-16/h7-8H,3-6,14H2,1-2H3. The van der Waals surface area contributed by atoms with Crippen LogP contribution in [-0.2, 0) is 10.0 Å². The average molecular weight is 287 g/mol. The van der Waals surface area contributed by atoms with Crippen LogP contribution in [0.4, 0.5) is 10.1 Å². The summed E-state index contributed by atoms with van der Waals surface area (Å²) in [4.78, 5) is 2.16. The smallest absolute Gasteiger partial charge is 0.243 e. The molecule has 0 unspecified atom stereocenters. The number of likely N-dealkylation sites (N-methyl/N-ethyl adjacent to an activating group) is 1. The molecule has 0 amide bonds. The Morgan fingerprint density at radius 1 is 1.21 bits per heavy atom. The lowest BCUT2D eigenvalue weighted by atomic mass is 10.2. The van der Waals surface area contributed by atoms with E-state index < -0.39 is 15.8 Å². The second kappa shape index (κ2) is 5.07. The Kier molecular flexibility index (Phi) is 3.80. The van der Waals surface area contributed by atoms with Crippen molar-refractivity contribution in [2.45, 2.75) is 11.8 Å². The van der Waals surface area contributed by atoms with Crippen molar-refractivity contribution in [3.8, 4) is 0 Å². The summed E-state index contributed by atoms with van der Waals surface area (Å²) in [6.45, 7) is 3.83. The second-order valence-corrected chi connectivity index (χ2v) is 6.75. The van der Waals surface area contributed by atoms with E-state index in [1.165, 1.54) is 10.4 Å². The van der Waals surface area contributed by atoms with Gasteiger partial charge in [0.1, 0.15) is 5.82 Å². The number of nitrogens with zero attached hydrogens (tertiary/aromatic N) is 2. The van der Waals surface area contributed by atoms with Crippen LogP contribution in [0.25, 0.3) is 0 Å². The van der Waals surface area contributed by atoms with Gasteiger partial charge in [-0.3, -0.25) is 0 Å². The topological polar surface area (TPSA) is 66.6 Å². The first-order chi connectivity index (χ1) is 8.82. The van der Waals surface area contributed by atoms with Crippen LogP contribution >= 0.6 is 0 Å². The molecule has 1 aliphatic rings. The first kappa shape index (κ1) is 14.2. The number of rotatable bonds is 2. The van der Waals surface area contributed by atoms with E-state index in [1.54, 1.807) is 6.92 Å². The van der Waals surface area contributed by atoms with Crippen molar-refractivity contribution in [2.75, 3.05) is 39.0 Å². The number of benzene rings is 1. The fourth-order valence-electron chi connectivity index (χ4n) is 2.11. The van der Waals surface area contributed by atoms with Gasteiger partial charge in [0.2, 0.25) is 10.0 Å². The minimum atomic E-state index is -3.60. The molecule has 0 aliphatic carbocycles. The summed E-state index contributed by atoms with van der Waals surface area (Å²) in [5.41, 5.74) is 5.71. The van der Waals surface area contributed by atoms with Gasteiger partial charge in [0, 0.05) is 26.2 Å². The van der Waals surface area contributed by atoms with Crippen molar-refractivity contribution in [1.29, 1.82) is 0 Å². The largest absolute Gasteiger partial charge is 0.396 e. The number of halogens is 1. The molecule has 0 bridgehead atoms. The Balaban J connectivity index is 2.37. The summed E-state index contributed by atoms with van der Waals surface area (Å²) in [6, 6.07) is 2.37. The average Bonchev–Trinajstić information content (AvgIpc) is 2.34. The lowest BCUT2D eigenvalue weighted by molar-refractivity contribution is 0.222. The molecule has 0 radical (unpaired) electrons. The Morgan fingerprint density at radius 3 is 2.37 bits per heavy atom. The highest BCUT2D eigenvalue weighted by molar-refractivity contribution is 7.89. The number of sulfonamides is 1. The highest BCUT2D eigenvalue weighted by atomic mass is 32.2. The highest BCUT2D eigenvalue weighted by Crippen LogP contribution is 2.25. The first-order valence-electron chi connectivity index (χ1n) is 6.06. The van der Waals surface area contributed by atoms with Crippen LogP contribution in [0.1, 0.15) is 5.56 Å². The number of piperazine rings is 1. The molecule has 1 heterocycles. The summed E-state index contributed by atoms with van der Waals surface area (Å²) >= 11 is 0. The van der Waals surface area contributed by atoms with Crippen molar-refractivity contribution in [2.24, 2.45) is 0 Å². The molecule has 0 spiro atoms. The third-order valence-corrected chi connectivity index (χ3v) is 5.41. The molecule has 1 fully saturated rings. The molecule has 19 heavy (non-hydrogen) atoms. The molecule has 1 aliphatic heterocycles. The summed E-state index contributed by atoms with van der Waals surface area (Å²) in [5.74, 6) is -0.588. The normalized spacial score (nSPS) is 18.7. The van der Waals surface area contributed by atoms with Gasteiger partial charge in [0.25, 0.3) is 0 Å². The van der Waals surface area contributed by atoms with E-state index in [9.17, 15) is 12.8 Å². The van der Waals surface area contributed by atoms with E-state index in [4.69, 9.17) is 5.73 Å². The quantitative estimate of drug-likeness (QED) is 0.811. The van der Waals surface area contributed by atoms with Crippen molar-refractivity contribution in [1.82, 2.24) is 9.21 Å². The van der Waals surface area contributed by atoms with Gasteiger partial charge < -0.3 is 10.6 Å². The molecule has 0 aromatic heterocycles. The van der Waals surface area contributed by atoms with Crippen LogP contribution in [0.5, 0.6) is 0 Å². The molecular weight excluding hydrogens is 269 g/mol. The van der Waals surface area contributed by atoms with E-state index in [-0.39, 0.29) is 10.6 Å². The van der Waals surface area contributed by atoms with Gasteiger partial charge in [-0.05, 0) is 31.7 Å². The fourth-order valence-corrected chi connectivity index (χ4v) is 3.78. The molecule has 1 aromatic carbocycles. The minimum Gasteiger partial charge on any atom is -0.396 e. The maximum absolute atomic E-state index is 13.3. The molecule has 2 N–H and O–H groups in total. The van der Waals surface area contributed by atoms with E-state index >= 15 is 0 Å². The van der Waals surface area contributed by atoms with Crippen LogP contribution < -0.4 is 5.73 Å². The van der Waals surface area contributed by atoms with E-state index in [0.29, 0.717) is 31.7 Å². The summed E-state index contributed by atoms with van der Waals surface area (Å²) in [5, 5.41) is 0. The predicted octanol–water partition coefficient (Wildman–Crippen LogP) is 0.652. The molecule has 0 atom stereocenters. The van der Waals surface area contributed by atoms with Gasteiger partial charge >= 0.3 is 0 Å². The first-order valence-corrected chi connectivity index (χ1v) is 7.50. The third kappa shape index (κ3) is 2.72. The van der Waals surface area contributed by atoms with E-state index in [0.717, 1.165) is 6.07 Å². The Morgan fingerprint density at radius 2 is 1.79 bits per heavy atom. The van der Waals surface area contributed by atoms with Gasteiger partial charge in [-0.15, -0.1) is 0 Å². The summed E-state index contributed by atoms with van der Waals surface area (Å²) in [7, 11) is -1.65. The summed E-state index contributed by atoms with van der Waals surface area (Å²) in [6.07, 6.45) is 0. The minimum absolute atomic E-state index is 0.0935. The SMILES string of the molecule is Cc1cc(F)c(N)cc1S(=O)(=O)N1CCN(C)CC1. The number of hydrogen-bond donors (Lipinski definition) is 1. The Hall–Kier alpha value is -1.18. The van der Waals surface area contributed by atoms with E-state index in [1.807, 2.05) is 7.05 Å². The van der Waals surface area contributed by atoms with Crippen LogP contribution in [0, 0.1) is 12.7 Å². The van der Waals surface area contributed by atoms with Crippen LogP contribution in [0.3, 0.4) is 0 Å². The number of aryl methyl sites for hydroxylation is 1. The Labute approximate surface area is 112 Å². The molecule has 0 saturated carbocycles.